The van der Waals surface area contributed by atoms with Crippen LogP contribution in [0.2, 0.25) is 10.0 Å². The molecule has 7 nitrogen and oxygen atoms in total. The van der Waals surface area contributed by atoms with E-state index in [9.17, 15) is 19.7 Å². The first-order valence-electron chi connectivity index (χ1n) is 8.77. The Bertz CT molecular complexity index is 1180. The summed E-state index contributed by atoms with van der Waals surface area (Å²) in [5.74, 6) is -0.836. The average Bonchev–Trinajstić information content (AvgIpc) is 2.98. The standard InChI is InChI=1S/C20H17Cl2N3O4S/c1-20(2,3)24-19(27)17-15(22)12-5-4-6-14(16(12)30-17)23-18(26)11-8-7-10(25(28)29)9-13(11)21/h4-9H,1-3H3,(H,23,26)(H,24,27). The van der Waals surface area contributed by atoms with Gasteiger partial charge in [-0.3, -0.25) is 19.7 Å². The Balaban J connectivity index is 1.95. The van der Waals surface area contributed by atoms with Gasteiger partial charge in [0.1, 0.15) is 4.88 Å². The summed E-state index contributed by atoms with van der Waals surface area (Å²) in [5, 5.41) is 17.4. The van der Waals surface area contributed by atoms with E-state index >= 15 is 0 Å². The fraction of sp³-hybridized carbons (Fsp3) is 0.200. The van der Waals surface area contributed by atoms with Crippen LogP contribution >= 0.6 is 34.5 Å². The summed E-state index contributed by atoms with van der Waals surface area (Å²) in [7, 11) is 0. The van der Waals surface area contributed by atoms with E-state index in [1.54, 1.807) is 18.2 Å². The van der Waals surface area contributed by atoms with Crippen molar-refractivity contribution in [3.8, 4) is 0 Å². The molecule has 0 atom stereocenters. The number of halogens is 2. The summed E-state index contributed by atoms with van der Waals surface area (Å²) in [6.45, 7) is 5.60. The van der Waals surface area contributed by atoms with Crippen molar-refractivity contribution in [2.75, 3.05) is 5.32 Å². The van der Waals surface area contributed by atoms with Crippen molar-refractivity contribution in [3.63, 3.8) is 0 Å². The predicted molar refractivity (Wildman–Crippen MR) is 120 cm³/mol. The van der Waals surface area contributed by atoms with E-state index in [-0.39, 0.29) is 22.2 Å². The molecule has 0 bridgehead atoms. The lowest BCUT2D eigenvalue weighted by molar-refractivity contribution is -0.384. The molecule has 10 heteroatoms. The van der Waals surface area contributed by atoms with Crippen LogP contribution in [0.25, 0.3) is 10.1 Å². The van der Waals surface area contributed by atoms with Gasteiger partial charge in [-0.2, -0.15) is 0 Å². The highest BCUT2D eigenvalue weighted by Crippen LogP contribution is 2.39. The smallest absolute Gasteiger partial charge is 0.270 e. The highest BCUT2D eigenvalue weighted by Gasteiger charge is 2.23. The molecular formula is C20H17Cl2N3O4S. The second-order valence-corrected chi connectivity index (χ2v) is 9.31. The first kappa shape index (κ1) is 22.0. The van der Waals surface area contributed by atoms with Crippen LogP contribution in [-0.4, -0.2) is 22.3 Å². The number of benzene rings is 2. The van der Waals surface area contributed by atoms with Crippen molar-refractivity contribution in [1.29, 1.82) is 0 Å². The fourth-order valence-corrected chi connectivity index (χ4v) is 4.45. The molecule has 2 amide bonds. The monoisotopic (exact) mass is 465 g/mol. The molecule has 30 heavy (non-hydrogen) atoms. The maximum absolute atomic E-state index is 12.7. The van der Waals surface area contributed by atoms with Gasteiger partial charge in [0, 0.05) is 23.1 Å². The number of carbonyl (C=O) groups excluding carboxylic acids is 2. The number of hydrogen-bond donors (Lipinski definition) is 2. The molecule has 0 spiro atoms. The van der Waals surface area contributed by atoms with Crippen LogP contribution in [0.4, 0.5) is 11.4 Å². The number of nitro groups is 1. The molecule has 0 aliphatic carbocycles. The Morgan fingerprint density at radius 2 is 1.80 bits per heavy atom. The maximum atomic E-state index is 12.7. The fourth-order valence-electron chi connectivity index (χ4n) is 2.72. The SMILES string of the molecule is CC(C)(C)NC(=O)c1sc2c(NC(=O)c3ccc([N+](=O)[O-])cc3Cl)cccc2c1Cl. The van der Waals surface area contributed by atoms with Crippen LogP contribution in [0.15, 0.2) is 36.4 Å². The summed E-state index contributed by atoms with van der Waals surface area (Å²) in [6.07, 6.45) is 0. The first-order valence-corrected chi connectivity index (χ1v) is 10.3. The van der Waals surface area contributed by atoms with E-state index in [2.05, 4.69) is 10.6 Å². The van der Waals surface area contributed by atoms with E-state index in [0.717, 1.165) is 6.07 Å². The summed E-state index contributed by atoms with van der Waals surface area (Å²) in [6, 6.07) is 8.76. The third-order valence-electron chi connectivity index (χ3n) is 4.01. The molecule has 156 valence electrons. The van der Waals surface area contributed by atoms with Gasteiger partial charge >= 0.3 is 0 Å². The molecule has 0 radical (unpaired) electrons. The van der Waals surface area contributed by atoms with Crippen LogP contribution in [0.3, 0.4) is 0 Å². The van der Waals surface area contributed by atoms with Crippen molar-refractivity contribution in [3.05, 3.63) is 67.0 Å². The molecular weight excluding hydrogens is 449 g/mol. The number of non-ortho nitro benzene ring substituents is 1. The van der Waals surface area contributed by atoms with Gasteiger partial charge in [0.2, 0.25) is 0 Å². The number of nitrogens with one attached hydrogen (secondary N) is 2. The minimum Gasteiger partial charge on any atom is -0.347 e. The Morgan fingerprint density at radius 1 is 1.10 bits per heavy atom. The summed E-state index contributed by atoms with van der Waals surface area (Å²) >= 11 is 13.6. The van der Waals surface area contributed by atoms with Gasteiger partial charge in [0.15, 0.2) is 0 Å². The van der Waals surface area contributed by atoms with Crippen LogP contribution in [0.5, 0.6) is 0 Å². The van der Waals surface area contributed by atoms with Gasteiger partial charge in [-0.15, -0.1) is 11.3 Å². The Kier molecular flexibility index (Phi) is 6.03. The Morgan fingerprint density at radius 3 is 2.40 bits per heavy atom. The largest absolute Gasteiger partial charge is 0.347 e. The number of amides is 2. The van der Waals surface area contributed by atoms with Gasteiger partial charge in [0.05, 0.1) is 30.9 Å². The van der Waals surface area contributed by atoms with Crippen molar-refractivity contribution in [2.24, 2.45) is 0 Å². The molecule has 0 aliphatic rings. The van der Waals surface area contributed by atoms with Gasteiger partial charge in [-0.25, -0.2) is 0 Å². The zero-order valence-electron chi connectivity index (χ0n) is 16.2. The lowest BCUT2D eigenvalue weighted by Gasteiger charge is -2.19. The summed E-state index contributed by atoms with van der Waals surface area (Å²) < 4.78 is 0.632. The van der Waals surface area contributed by atoms with Gasteiger partial charge in [0.25, 0.3) is 17.5 Å². The number of nitrogens with zero attached hydrogens (tertiary/aromatic N) is 1. The molecule has 0 unspecified atom stereocenters. The van der Waals surface area contributed by atoms with Crippen molar-refractivity contribution in [2.45, 2.75) is 26.3 Å². The third-order valence-corrected chi connectivity index (χ3v) is 6.06. The van der Waals surface area contributed by atoms with Crippen molar-refractivity contribution in [1.82, 2.24) is 5.32 Å². The van der Waals surface area contributed by atoms with Gasteiger partial charge in [-0.05, 0) is 32.9 Å². The van der Waals surface area contributed by atoms with Gasteiger partial charge < -0.3 is 10.6 Å². The molecule has 0 fully saturated rings. The number of anilines is 1. The minimum absolute atomic E-state index is 0.0386. The zero-order valence-corrected chi connectivity index (χ0v) is 18.5. The lowest BCUT2D eigenvalue weighted by Crippen LogP contribution is -2.40. The molecule has 3 rings (SSSR count). The zero-order chi connectivity index (χ0) is 22.2. The molecule has 0 saturated heterocycles. The van der Waals surface area contributed by atoms with Crippen LogP contribution in [0, 0.1) is 10.1 Å². The molecule has 0 saturated carbocycles. The summed E-state index contributed by atoms with van der Waals surface area (Å²) in [4.78, 5) is 35.9. The number of thiophene rings is 1. The minimum atomic E-state index is -0.591. The molecule has 0 aliphatic heterocycles. The average molecular weight is 466 g/mol. The van der Waals surface area contributed by atoms with E-state index < -0.39 is 16.4 Å². The number of nitro benzene ring substituents is 1. The molecule has 2 aromatic carbocycles. The van der Waals surface area contributed by atoms with E-state index in [1.807, 2.05) is 20.8 Å². The van der Waals surface area contributed by atoms with E-state index in [1.165, 1.54) is 23.5 Å². The van der Waals surface area contributed by atoms with E-state index in [0.29, 0.717) is 25.7 Å². The number of rotatable bonds is 4. The Labute approximate surface area is 186 Å². The quantitative estimate of drug-likeness (QED) is 0.369. The van der Waals surface area contributed by atoms with Gasteiger partial charge in [-0.1, -0.05) is 35.3 Å². The van der Waals surface area contributed by atoms with Crippen LogP contribution in [0.1, 0.15) is 40.8 Å². The first-order chi connectivity index (χ1) is 14.0. The molecule has 3 aromatic rings. The summed E-state index contributed by atoms with van der Waals surface area (Å²) in [5.41, 5.74) is -0.0974. The number of fused-ring (bicyclic) bond motifs is 1. The Hall–Kier alpha value is -2.68. The van der Waals surface area contributed by atoms with E-state index in [4.69, 9.17) is 23.2 Å². The topological polar surface area (TPSA) is 101 Å². The number of hydrogen-bond acceptors (Lipinski definition) is 5. The predicted octanol–water partition coefficient (Wildman–Crippen LogP) is 5.90. The highest BCUT2D eigenvalue weighted by atomic mass is 35.5. The second kappa shape index (κ2) is 8.22. The van der Waals surface area contributed by atoms with Crippen molar-refractivity contribution < 1.29 is 14.5 Å². The molecule has 1 aromatic heterocycles. The second-order valence-electron chi connectivity index (χ2n) is 7.51. The lowest BCUT2D eigenvalue weighted by atomic mass is 10.1. The molecule has 2 N–H and O–H groups in total. The number of carbonyl (C=O) groups is 2. The van der Waals surface area contributed by atoms with Crippen molar-refractivity contribution >= 4 is 67.8 Å². The molecule has 1 heterocycles. The van der Waals surface area contributed by atoms with Crippen LogP contribution < -0.4 is 10.6 Å². The maximum Gasteiger partial charge on any atom is 0.270 e. The normalized spacial score (nSPS) is 11.4. The van der Waals surface area contributed by atoms with Crippen LogP contribution in [-0.2, 0) is 0 Å². The third kappa shape index (κ3) is 4.56. The highest BCUT2D eigenvalue weighted by molar-refractivity contribution is 7.22.